The summed E-state index contributed by atoms with van der Waals surface area (Å²) in [7, 11) is 0. The van der Waals surface area contributed by atoms with Crippen molar-refractivity contribution >= 4 is 35.6 Å². The molecular weight excluding hydrogens is 482 g/mol. The summed E-state index contributed by atoms with van der Waals surface area (Å²) in [6.07, 6.45) is -0.301. The number of rotatable bonds is 6. The lowest BCUT2D eigenvalue weighted by molar-refractivity contribution is -0.155. The highest BCUT2D eigenvalue weighted by molar-refractivity contribution is 7.99. The van der Waals surface area contributed by atoms with Crippen LogP contribution in [0.1, 0.15) is 81.9 Å². The van der Waals surface area contributed by atoms with Crippen LogP contribution >= 0.6 is 11.8 Å². The first-order valence-electron chi connectivity index (χ1n) is 12.2. The second kappa shape index (κ2) is 10.7. The van der Waals surface area contributed by atoms with Crippen LogP contribution in [0.2, 0.25) is 0 Å². The quantitative estimate of drug-likeness (QED) is 0.570. The van der Waals surface area contributed by atoms with Crippen LogP contribution < -0.4 is 5.73 Å². The second-order valence-electron chi connectivity index (χ2n) is 11.2. The third-order valence-electron chi connectivity index (χ3n) is 5.85. The van der Waals surface area contributed by atoms with Crippen LogP contribution in [0.4, 0.5) is 4.79 Å². The lowest BCUT2D eigenvalue weighted by atomic mass is 10.0. The van der Waals surface area contributed by atoms with E-state index in [-0.39, 0.29) is 37.4 Å². The Morgan fingerprint density at radius 2 is 1.78 bits per heavy atom. The zero-order valence-corrected chi connectivity index (χ0v) is 22.8. The maximum absolute atomic E-state index is 13.1. The van der Waals surface area contributed by atoms with Crippen LogP contribution in [-0.2, 0) is 25.6 Å². The Kier molecular flexibility index (Phi) is 8.27. The molecule has 1 fully saturated rings. The summed E-state index contributed by atoms with van der Waals surface area (Å²) in [5.74, 6) is 0.129. The van der Waals surface area contributed by atoms with Crippen molar-refractivity contribution in [2.45, 2.75) is 84.2 Å². The molecule has 198 valence electrons. The van der Waals surface area contributed by atoms with Gasteiger partial charge >= 0.3 is 12.1 Å². The first-order valence-corrected chi connectivity index (χ1v) is 13.3. The molecule has 0 aromatic heterocycles. The van der Waals surface area contributed by atoms with E-state index in [9.17, 15) is 19.2 Å². The molecule has 2 atom stereocenters. The Morgan fingerprint density at radius 1 is 1.11 bits per heavy atom. The number of amides is 3. The van der Waals surface area contributed by atoms with Gasteiger partial charge < -0.3 is 20.1 Å². The van der Waals surface area contributed by atoms with Crippen molar-refractivity contribution in [2.24, 2.45) is 5.73 Å². The van der Waals surface area contributed by atoms with Gasteiger partial charge in [-0.2, -0.15) is 11.8 Å². The number of nitrogens with two attached hydrogens (primary N) is 1. The smallest absolute Gasteiger partial charge is 0.410 e. The van der Waals surface area contributed by atoms with Crippen LogP contribution in [0.15, 0.2) is 18.2 Å². The number of esters is 1. The second-order valence-corrected chi connectivity index (χ2v) is 12.3. The number of benzene rings is 1. The average Bonchev–Trinajstić information content (AvgIpc) is 3.07. The highest BCUT2D eigenvalue weighted by Gasteiger charge is 2.38. The number of hydrogen-bond acceptors (Lipinski definition) is 7. The molecule has 0 bridgehead atoms. The molecule has 2 unspecified atom stereocenters. The minimum Gasteiger partial charge on any atom is -0.460 e. The molecule has 2 N–H and O–H groups in total. The molecule has 9 nitrogen and oxygen atoms in total. The van der Waals surface area contributed by atoms with Gasteiger partial charge in [0.1, 0.15) is 17.2 Å². The number of hydrogen-bond donors (Lipinski definition) is 1. The highest BCUT2D eigenvalue weighted by atomic mass is 32.2. The summed E-state index contributed by atoms with van der Waals surface area (Å²) in [6, 6.07) is 4.41. The number of carbonyl (C=O) groups excluding carboxylic acids is 4. The summed E-state index contributed by atoms with van der Waals surface area (Å²) in [6.45, 7) is 11.6. The van der Waals surface area contributed by atoms with Gasteiger partial charge in [-0.3, -0.25) is 19.3 Å². The van der Waals surface area contributed by atoms with Crippen molar-refractivity contribution < 1.29 is 28.7 Å². The third kappa shape index (κ3) is 6.93. The molecule has 0 radical (unpaired) electrons. The zero-order chi connectivity index (χ0) is 26.8. The summed E-state index contributed by atoms with van der Waals surface area (Å²) >= 11 is 1.76. The Hall–Kier alpha value is -2.75. The number of thioether (sulfide) groups is 1. The van der Waals surface area contributed by atoms with Crippen LogP contribution in [-0.4, -0.2) is 69.0 Å². The molecule has 1 aromatic rings. The van der Waals surface area contributed by atoms with Crippen LogP contribution in [0.3, 0.4) is 0 Å². The van der Waals surface area contributed by atoms with Gasteiger partial charge in [-0.05, 0) is 65.2 Å². The molecule has 0 saturated carbocycles. The van der Waals surface area contributed by atoms with Crippen molar-refractivity contribution in [3.63, 3.8) is 0 Å². The molecule has 2 aliphatic rings. The fraction of sp³-hybridized carbons (Fsp3) is 0.615. The lowest BCUT2D eigenvalue weighted by Crippen LogP contribution is -2.45. The molecule has 2 heterocycles. The standard InChI is InChI=1S/C26H37N3O6S/c1-25(2,3)34-21(30)10-9-19(22(27)31)29-14-17-13-16(7-8-18(17)23(29)32)20-15-36-12-11-28(20)24(33)35-26(4,5)6/h7-8,13,19-20H,9-12,14-15H2,1-6H3,(H2,27,31). The van der Waals surface area contributed by atoms with Gasteiger partial charge in [0.25, 0.3) is 5.91 Å². The Balaban J connectivity index is 1.77. The molecule has 1 saturated heterocycles. The Labute approximate surface area is 217 Å². The average molecular weight is 520 g/mol. The molecule has 0 aliphatic carbocycles. The maximum atomic E-state index is 13.1. The van der Waals surface area contributed by atoms with E-state index in [1.54, 1.807) is 43.5 Å². The monoisotopic (exact) mass is 519 g/mol. The normalized spacial score (nSPS) is 19.1. The fourth-order valence-electron chi connectivity index (χ4n) is 4.34. The summed E-state index contributed by atoms with van der Waals surface area (Å²) < 4.78 is 10.9. The van der Waals surface area contributed by atoms with Crippen molar-refractivity contribution in [3.05, 3.63) is 34.9 Å². The van der Waals surface area contributed by atoms with Gasteiger partial charge in [0.2, 0.25) is 5.91 Å². The first kappa shape index (κ1) is 27.8. The molecule has 36 heavy (non-hydrogen) atoms. The molecule has 0 spiro atoms. The van der Waals surface area contributed by atoms with E-state index in [4.69, 9.17) is 15.2 Å². The molecule has 10 heteroatoms. The molecule has 2 aliphatic heterocycles. The number of ether oxygens (including phenoxy) is 2. The van der Waals surface area contributed by atoms with Crippen molar-refractivity contribution in [3.8, 4) is 0 Å². The number of nitrogens with zero attached hydrogens (tertiary/aromatic N) is 2. The van der Waals surface area contributed by atoms with Gasteiger partial charge in [0.15, 0.2) is 0 Å². The molecule has 1 aromatic carbocycles. The fourth-order valence-corrected chi connectivity index (χ4v) is 5.43. The lowest BCUT2D eigenvalue weighted by Gasteiger charge is -2.36. The minimum atomic E-state index is -0.927. The minimum absolute atomic E-state index is 0.0274. The van der Waals surface area contributed by atoms with Crippen LogP contribution in [0, 0.1) is 0 Å². The number of carbonyl (C=O) groups is 4. The van der Waals surface area contributed by atoms with E-state index in [1.807, 2.05) is 32.9 Å². The zero-order valence-electron chi connectivity index (χ0n) is 22.0. The Bertz CT molecular complexity index is 1030. The van der Waals surface area contributed by atoms with Crippen molar-refractivity contribution in [2.75, 3.05) is 18.1 Å². The predicted octanol–water partition coefficient (Wildman–Crippen LogP) is 3.64. The van der Waals surface area contributed by atoms with E-state index in [1.165, 1.54) is 4.90 Å². The van der Waals surface area contributed by atoms with Gasteiger partial charge in [-0.15, -0.1) is 0 Å². The van der Waals surface area contributed by atoms with E-state index >= 15 is 0 Å². The predicted molar refractivity (Wildman–Crippen MR) is 137 cm³/mol. The van der Waals surface area contributed by atoms with Crippen LogP contribution in [0.25, 0.3) is 0 Å². The number of primary amides is 1. The SMILES string of the molecule is CC(C)(C)OC(=O)CCC(C(N)=O)N1Cc2cc(C3CSCCN3C(=O)OC(C)(C)C)ccc2C1=O. The van der Waals surface area contributed by atoms with Gasteiger partial charge in [-0.25, -0.2) is 4.79 Å². The van der Waals surface area contributed by atoms with Crippen LogP contribution in [0.5, 0.6) is 0 Å². The van der Waals surface area contributed by atoms with E-state index in [2.05, 4.69) is 0 Å². The Morgan fingerprint density at radius 3 is 2.39 bits per heavy atom. The molecule has 3 amide bonds. The van der Waals surface area contributed by atoms with Gasteiger partial charge in [-0.1, -0.05) is 12.1 Å². The van der Waals surface area contributed by atoms with Gasteiger partial charge in [0.05, 0.1) is 6.04 Å². The maximum Gasteiger partial charge on any atom is 0.410 e. The highest BCUT2D eigenvalue weighted by Crippen LogP contribution is 2.34. The summed E-state index contributed by atoms with van der Waals surface area (Å²) in [5.41, 5.74) is 6.56. The topological polar surface area (TPSA) is 119 Å². The first-order chi connectivity index (χ1) is 16.7. The van der Waals surface area contributed by atoms with Crippen molar-refractivity contribution in [1.29, 1.82) is 0 Å². The summed E-state index contributed by atoms with van der Waals surface area (Å²) in [4.78, 5) is 53.6. The molecular formula is C26H37N3O6S. The van der Waals surface area contributed by atoms with E-state index in [0.29, 0.717) is 12.1 Å². The summed E-state index contributed by atoms with van der Waals surface area (Å²) in [5, 5.41) is 0. The third-order valence-corrected chi connectivity index (χ3v) is 6.87. The van der Waals surface area contributed by atoms with E-state index < -0.39 is 29.1 Å². The number of fused-ring (bicyclic) bond motifs is 1. The van der Waals surface area contributed by atoms with Gasteiger partial charge in [0, 0.05) is 36.6 Å². The molecule has 3 rings (SSSR count). The van der Waals surface area contributed by atoms with E-state index in [0.717, 1.165) is 22.6 Å². The largest absolute Gasteiger partial charge is 0.460 e. The van der Waals surface area contributed by atoms with Crippen molar-refractivity contribution in [1.82, 2.24) is 9.80 Å².